The number of guanidine groups is 1. The van der Waals surface area contributed by atoms with E-state index in [9.17, 15) is 0 Å². The molecule has 1 N–H and O–H groups in total. The molecule has 6 nitrogen and oxygen atoms in total. The Morgan fingerprint density at radius 2 is 1.93 bits per heavy atom. The summed E-state index contributed by atoms with van der Waals surface area (Å²) in [6.45, 7) is 4.99. The van der Waals surface area contributed by atoms with Crippen LogP contribution in [0.4, 0.5) is 0 Å². The Kier molecular flexibility index (Phi) is 7.46. The van der Waals surface area contributed by atoms with Gasteiger partial charge in [0.15, 0.2) is 5.96 Å². The zero-order valence-corrected chi connectivity index (χ0v) is 17.6. The summed E-state index contributed by atoms with van der Waals surface area (Å²) in [7, 11) is 3.93. The lowest BCUT2D eigenvalue weighted by atomic mass is 10.1. The van der Waals surface area contributed by atoms with Gasteiger partial charge in [-0.25, -0.2) is 0 Å². The SMILES string of the molecule is CCc1ccc(CN(C)C(=NC)NCCCc2nnc3n2CCCCC3)cc1. The second-order valence-electron chi connectivity index (χ2n) is 7.60. The van der Waals surface area contributed by atoms with E-state index in [1.807, 2.05) is 7.05 Å². The molecule has 1 aromatic heterocycles. The van der Waals surface area contributed by atoms with Gasteiger partial charge in [0.1, 0.15) is 11.6 Å². The zero-order valence-electron chi connectivity index (χ0n) is 17.6. The first-order valence-electron chi connectivity index (χ1n) is 10.6. The lowest BCUT2D eigenvalue weighted by molar-refractivity contribution is 0.475. The van der Waals surface area contributed by atoms with Crippen molar-refractivity contribution in [2.75, 3.05) is 20.6 Å². The Balaban J connectivity index is 1.45. The van der Waals surface area contributed by atoms with E-state index in [2.05, 4.69) is 68.2 Å². The molecule has 1 aromatic carbocycles. The third kappa shape index (κ3) is 5.33. The van der Waals surface area contributed by atoms with Crippen molar-refractivity contribution in [1.82, 2.24) is 25.0 Å². The summed E-state index contributed by atoms with van der Waals surface area (Å²) in [5.41, 5.74) is 2.68. The second kappa shape index (κ2) is 10.2. The van der Waals surface area contributed by atoms with E-state index in [-0.39, 0.29) is 0 Å². The highest BCUT2D eigenvalue weighted by Crippen LogP contribution is 2.15. The first-order chi connectivity index (χ1) is 13.7. The van der Waals surface area contributed by atoms with Crippen LogP contribution >= 0.6 is 0 Å². The molecular formula is C22H34N6. The summed E-state index contributed by atoms with van der Waals surface area (Å²) in [6.07, 6.45) is 7.91. The van der Waals surface area contributed by atoms with Gasteiger partial charge < -0.3 is 14.8 Å². The van der Waals surface area contributed by atoms with Gasteiger partial charge in [0.05, 0.1) is 0 Å². The highest BCUT2D eigenvalue weighted by molar-refractivity contribution is 5.79. The van der Waals surface area contributed by atoms with Crippen molar-refractivity contribution in [3.63, 3.8) is 0 Å². The Morgan fingerprint density at radius 3 is 2.68 bits per heavy atom. The van der Waals surface area contributed by atoms with Gasteiger partial charge in [0, 0.05) is 46.6 Å². The van der Waals surface area contributed by atoms with Crippen molar-refractivity contribution < 1.29 is 0 Å². The summed E-state index contributed by atoms with van der Waals surface area (Å²) in [6, 6.07) is 8.83. The maximum atomic E-state index is 4.43. The maximum Gasteiger partial charge on any atom is 0.193 e. The van der Waals surface area contributed by atoms with E-state index in [1.165, 1.54) is 36.2 Å². The smallest absolute Gasteiger partial charge is 0.193 e. The highest BCUT2D eigenvalue weighted by atomic mass is 15.3. The van der Waals surface area contributed by atoms with Gasteiger partial charge in [-0.15, -0.1) is 10.2 Å². The maximum absolute atomic E-state index is 4.43. The van der Waals surface area contributed by atoms with E-state index < -0.39 is 0 Å². The number of hydrogen-bond donors (Lipinski definition) is 1. The van der Waals surface area contributed by atoms with Crippen LogP contribution in [0.3, 0.4) is 0 Å². The summed E-state index contributed by atoms with van der Waals surface area (Å²) in [5.74, 6) is 3.24. The molecule has 0 saturated carbocycles. The summed E-state index contributed by atoms with van der Waals surface area (Å²) >= 11 is 0. The number of nitrogens with one attached hydrogen (secondary N) is 1. The van der Waals surface area contributed by atoms with E-state index in [0.717, 1.165) is 57.1 Å². The summed E-state index contributed by atoms with van der Waals surface area (Å²) in [4.78, 5) is 6.60. The van der Waals surface area contributed by atoms with Crippen LogP contribution in [0.15, 0.2) is 29.3 Å². The Labute approximate surface area is 169 Å². The van der Waals surface area contributed by atoms with E-state index in [0.29, 0.717) is 0 Å². The van der Waals surface area contributed by atoms with Crippen molar-refractivity contribution >= 4 is 5.96 Å². The monoisotopic (exact) mass is 382 g/mol. The quantitative estimate of drug-likeness (QED) is 0.454. The fraction of sp³-hybridized carbons (Fsp3) is 0.591. The van der Waals surface area contributed by atoms with Crippen LogP contribution < -0.4 is 5.32 Å². The first kappa shape index (κ1) is 20.4. The third-order valence-corrected chi connectivity index (χ3v) is 5.47. The number of rotatable bonds is 7. The summed E-state index contributed by atoms with van der Waals surface area (Å²) in [5, 5.41) is 12.3. The van der Waals surface area contributed by atoms with Crippen molar-refractivity contribution in [2.24, 2.45) is 4.99 Å². The van der Waals surface area contributed by atoms with E-state index in [4.69, 9.17) is 0 Å². The molecule has 6 heteroatoms. The van der Waals surface area contributed by atoms with Crippen LogP contribution in [0.1, 0.15) is 55.4 Å². The lowest BCUT2D eigenvalue weighted by Crippen LogP contribution is -2.39. The minimum atomic E-state index is 0.849. The average molecular weight is 383 g/mol. The van der Waals surface area contributed by atoms with E-state index >= 15 is 0 Å². The van der Waals surface area contributed by atoms with Crippen LogP contribution in [0.5, 0.6) is 0 Å². The molecule has 0 saturated heterocycles. The third-order valence-electron chi connectivity index (χ3n) is 5.47. The molecule has 0 amide bonds. The fourth-order valence-corrected chi connectivity index (χ4v) is 3.79. The molecule has 28 heavy (non-hydrogen) atoms. The molecule has 1 aliphatic heterocycles. The normalized spacial score (nSPS) is 14.5. The highest BCUT2D eigenvalue weighted by Gasteiger charge is 2.14. The standard InChI is InChI=1S/C22H34N6/c1-4-18-11-13-19(14-12-18)17-27(3)22(23-2)24-15-8-10-21-26-25-20-9-6-5-7-16-28(20)21/h11-14H,4-10,15-17H2,1-3H3,(H,23,24). The fourth-order valence-electron chi connectivity index (χ4n) is 3.79. The number of aromatic nitrogens is 3. The van der Waals surface area contributed by atoms with Gasteiger partial charge in [0.25, 0.3) is 0 Å². The van der Waals surface area contributed by atoms with Gasteiger partial charge in [-0.3, -0.25) is 4.99 Å². The molecule has 0 aliphatic carbocycles. The molecule has 0 spiro atoms. The van der Waals surface area contributed by atoms with Crippen LogP contribution in [-0.4, -0.2) is 46.3 Å². The minimum Gasteiger partial charge on any atom is -0.356 e. The van der Waals surface area contributed by atoms with Crippen LogP contribution in [0.25, 0.3) is 0 Å². The van der Waals surface area contributed by atoms with Gasteiger partial charge in [0.2, 0.25) is 0 Å². The topological polar surface area (TPSA) is 58.3 Å². The predicted octanol–water partition coefficient (Wildman–Crippen LogP) is 3.21. The number of nitrogens with zero attached hydrogens (tertiary/aromatic N) is 5. The summed E-state index contributed by atoms with van der Waals surface area (Å²) < 4.78 is 2.34. The Bertz CT molecular complexity index is 762. The average Bonchev–Trinajstić information content (AvgIpc) is 2.94. The van der Waals surface area contributed by atoms with Crippen molar-refractivity contribution in [1.29, 1.82) is 0 Å². The van der Waals surface area contributed by atoms with Gasteiger partial charge in [-0.2, -0.15) is 0 Å². The number of aryl methyl sites for hydroxylation is 3. The van der Waals surface area contributed by atoms with Crippen LogP contribution in [-0.2, 0) is 32.4 Å². The van der Waals surface area contributed by atoms with E-state index in [1.54, 1.807) is 0 Å². The molecule has 0 atom stereocenters. The number of hydrogen-bond acceptors (Lipinski definition) is 3. The number of benzene rings is 1. The molecule has 3 rings (SSSR count). The van der Waals surface area contributed by atoms with Crippen molar-refractivity contribution in [2.45, 2.75) is 65.0 Å². The van der Waals surface area contributed by atoms with Crippen molar-refractivity contribution in [3.8, 4) is 0 Å². The molecule has 152 valence electrons. The molecule has 0 fully saturated rings. The second-order valence-corrected chi connectivity index (χ2v) is 7.60. The van der Waals surface area contributed by atoms with Gasteiger partial charge in [-0.05, 0) is 36.8 Å². The Hall–Kier alpha value is -2.37. The van der Waals surface area contributed by atoms with Crippen LogP contribution in [0.2, 0.25) is 0 Å². The number of fused-ring (bicyclic) bond motifs is 1. The Morgan fingerprint density at radius 1 is 1.14 bits per heavy atom. The first-order valence-corrected chi connectivity index (χ1v) is 10.6. The predicted molar refractivity (Wildman–Crippen MR) is 115 cm³/mol. The minimum absolute atomic E-state index is 0.849. The molecule has 2 aromatic rings. The molecule has 0 bridgehead atoms. The number of aliphatic imine (C=N–C) groups is 1. The molecule has 2 heterocycles. The van der Waals surface area contributed by atoms with Gasteiger partial charge >= 0.3 is 0 Å². The molecular weight excluding hydrogens is 348 g/mol. The zero-order chi connectivity index (χ0) is 19.8. The molecule has 1 aliphatic rings. The lowest BCUT2D eigenvalue weighted by Gasteiger charge is -2.22. The van der Waals surface area contributed by atoms with Gasteiger partial charge in [-0.1, -0.05) is 37.6 Å². The molecule has 0 radical (unpaired) electrons. The largest absolute Gasteiger partial charge is 0.356 e. The van der Waals surface area contributed by atoms with Crippen LogP contribution in [0, 0.1) is 0 Å². The van der Waals surface area contributed by atoms with Crippen molar-refractivity contribution in [3.05, 3.63) is 47.0 Å². The molecule has 0 unspecified atom stereocenters.